The predicted octanol–water partition coefficient (Wildman–Crippen LogP) is 0.464. The number of carbonyl (C=O) groups is 2. The molecule has 0 aromatic carbocycles. The van der Waals surface area contributed by atoms with Gasteiger partial charge in [0.15, 0.2) is 0 Å². The highest BCUT2D eigenvalue weighted by molar-refractivity contribution is 5.95. The smallest absolute Gasteiger partial charge is 0.406 e. The first-order chi connectivity index (χ1) is 8.69. The van der Waals surface area contributed by atoms with Crippen LogP contribution in [0.25, 0.3) is 0 Å². The first-order valence-corrected chi connectivity index (χ1v) is 4.95. The number of H-pyrrole nitrogens is 1. The lowest BCUT2D eigenvalue weighted by molar-refractivity contribution is -0.149. The number of rotatable bonds is 4. The number of nitrogens with one attached hydrogen (secondary N) is 1. The van der Waals surface area contributed by atoms with Gasteiger partial charge in [-0.25, -0.2) is 0 Å². The minimum atomic E-state index is -4.71. The van der Waals surface area contributed by atoms with Gasteiger partial charge >= 0.3 is 12.1 Å². The lowest BCUT2D eigenvalue weighted by Crippen LogP contribution is -2.42. The molecule has 0 bridgehead atoms. The van der Waals surface area contributed by atoms with Gasteiger partial charge in [0.1, 0.15) is 13.1 Å². The number of nitrogens with zero attached hydrogens (tertiary/aromatic N) is 1. The van der Waals surface area contributed by atoms with Crippen LogP contribution in [0.15, 0.2) is 23.1 Å². The van der Waals surface area contributed by atoms with Crippen LogP contribution in [-0.4, -0.2) is 46.1 Å². The second kappa shape index (κ2) is 5.55. The third-order valence-electron chi connectivity index (χ3n) is 2.01. The number of carboxylic acid groups (broad SMARTS) is 1. The van der Waals surface area contributed by atoms with E-state index in [4.69, 9.17) is 5.11 Å². The fraction of sp³-hybridized carbons (Fsp3) is 0.300. The highest BCUT2D eigenvalue weighted by atomic mass is 19.4. The summed E-state index contributed by atoms with van der Waals surface area (Å²) < 4.78 is 36.8. The summed E-state index contributed by atoms with van der Waals surface area (Å²) in [4.78, 5) is 35.2. The number of alkyl halides is 3. The van der Waals surface area contributed by atoms with Crippen molar-refractivity contribution in [1.82, 2.24) is 9.88 Å². The number of aromatic amines is 1. The Balaban J connectivity index is 2.96. The van der Waals surface area contributed by atoms with Crippen LogP contribution in [0.4, 0.5) is 13.2 Å². The average molecular weight is 278 g/mol. The lowest BCUT2D eigenvalue weighted by Gasteiger charge is -2.21. The molecule has 0 fully saturated rings. The zero-order valence-corrected chi connectivity index (χ0v) is 9.40. The van der Waals surface area contributed by atoms with Crippen molar-refractivity contribution in [3.63, 3.8) is 0 Å². The monoisotopic (exact) mass is 278 g/mol. The Hall–Kier alpha value is -2.32. The quantitative estimate of drug-likeness (QED) is 0.837. The molecule has 0 radical (unpaired) electrons. The van der Waals surface area contributed by atoms with Crippen LogP contribution in [0.3, 0.4) is 0 Å². The molecule has 0 saturated heterocycles. The van der Waals surface area contributed by atoms with Crippen LogP contribution in [0.2, 0.25) is 0 Å². The molecule has 104 valence electrons. The van der Waals surface area contributed by atoms with Gasteiger partial charge in [-0.2, -0.15) is 13.2 Å². The fourth-order valence-corrected chi connectivity index (χ4v) is 1.31. The van der Waals surface area contributed by atoms with Gasteiger partial charge in [0, 0.05) is 12.3 Å². The summed E-state index contributed by atoms with van der Waals surface area (Å²) in [5, 5.41) is 8.50. The zero-order valence-electron chi connectivity index (χ0n) is 9.40. The molecule has 0 unspecified atom stereocenters. The first kappa shape index (κ1) is 14.7. The van der Waals surface area contributed by atoms with Crippen molar-refractivity contribution in [2.75, 3.05) is 13.1 Å². The number of carbonyl (C=O) groups excluding carboxylic acids is 1. The summed E-state index contributed by atoms with van der Waals surface area (Å²) in [7, 11) is 0. The van der Waals surface area contributed by atoms with Crippen molar-refractivity contribution >= 4 is 11.9 Å². The summed E-state index contributed by atoms with van der Waals surface area (Å²) >= 11 is 0. The van der Waals surface area contributed by atoms with Crippen LogP contribution in [0.1, 0.15) is 10.4 Å². The van der Waals surface area contributed by atoms with Gasteiger partial charge < -0.3 is 15.0 Å². The van der Waals surface area contributed by atoms with E-state index in [0.717, 1.165) is 18.3 Å². The largest absolute Gasteiger partial charge is 0.480 e. The zero-order chi connectivity index (χ0) is 14.6. The Morgan fingerprint density at radius 2 is 1.95 bits per heavy atom. The molecule has 6 nitrogen and oxygen atoms in total. The van der Waals surface area contributed by atoms with Gasteiger partial charge in [-0.1, -0.05) is 0 Å². The number of carboxylic acids is 1. The maximum Gasteiger partial charge on any atom is 0.406 e. The van der Waals surface area contributed by atoms with E-state index in [9.17, 15) is 27.6 Å². The number of aromatic nitrogens is 1. The minimum absolute atomic E-state index is 0.135. The Morgan fingerprint density at radius 3 is 2.37 bits per heavy atom. The van der Waals surface area contributed by atoms with Crippen LogP contribution in [0, 0.1) is 0 Å². The molecule has 9 heteroatoms. The molecule has 0 aliphatic heterocycles. The van der Waals surface area contributed by atoms with Crippen LogP contribution < -0.4 is 5.56 Å². The Morgan fingerprint density at radius 1 is 1.32 bits per heavy atom. The van der Waals surface area contributed by atoms with Crippen molar-refractivity contribution in [2.45, 2.75) is 6.18 Å². The van der Waals surface area contributed by atoms with Crippen molar-refractivity contribution in [3.8, 4) is 0 Å². The molecule has 0 atom stereocenters. The third-order valence-corrected chi connectivity index (χ3v) is 2.01. The topological polar surface area (TPSA) is 90.5 Å². The van der Waals surface area contributed by atoms with E-state index in [0.29, 0.717) is 0 Å². The Bertz CT molecular complexity index is 518. The van der Waals surface area contributed by atoms with Gasteiger partial charge in [0.25, 0.3) is 5.91 Å². The summed E-state index contributed by atoms with van der Waals surface area (Å²) in [6, 6.07) is 1.98. The van der Waals surface area contributed by atoms with E-state index >= 15 is 0 Å². The number of hydrogen-bond acceptors (Lipinski definition) is 3. The molecule has 0 spiro atoms. The number of halogens is 3. The molecule has 0 aliphatic rings. The number of amides is 1. The van der Waals surface area contributed by atoms with Crippen LogP contribution in [-0.2, 0) is 4.79 Å². The van der Waals surface area contributed by atoms with Crippen molar-refractivity contribution in [2.24, 2.45) is 0 Å². The van der Waals surface area contributed by atoms with Gasteiger partial charge in [-0.15, -0.1) is 0 Å². The molecule has 1 rings (SSSR count). The normalized spacial score (nSPS) is 11.1. The molecule has 0 aliphatic carbocycles. The number of aliphatic carboxylic acids is 1. The van der Waals surface area contributed by atoms with E-state index < -0.39 is 36.7 Å². The summed E-state index contributed by atoms with van der Waals surface area (Å²) in [6.45, 7) is -2.77. The average Bonchev–Trinajstić information content (AvgIpc) is 2.25. The SMILES string of the molecule is O=C(O)CN(CC(F)(F)F)C(=O)c1ccc(=O)[nH]c1. The van der Waals surface area contributed by atoms with Gasteiger partial charge in [-0.3, -0.25) is 14.4 Å². The number of hydrogen-bond donors (Lipinski definition) is 2. The predicted molar refractivity (Wildman–Crippen MR) is 56.7 cm³/mol. The molecule has 1 aromatic rings. The van der Waals surface area contributed by atoms with Gasteiger partial charge in [0.2, 0.25) is 5.56 Å². The summed E-state index contributed by atoms with van der Waals surface area (Å²) in [5.41, 5.74) is -0.762. The molecule has 1 heterocycles. The Labute approximate surface area is 104 Å². The van der Waals surface area contributed by atoms with Gasteiger partial charge in [-0.05, 0) is 6.07 Å². The highest BCUT2D eigenvalue weighted by Crippen LogP contribution is 2.17. The standard InChI is InChI=1S/C10H9F3N2O4/c11-10(12,13)5-15(4-8(17)18)9(19)6-1-2-7(16)14-3-6/h1-3H,4-5H2,(H,14,16)(H,17,18). The van der Waals surface area contributed by atoms with Crippen molar-refractivity contribution in [1.29, 1.82) is 0 Å². The van der Waals surface area contributed by atoms with E-state index in [1.165, 1.54) is 0 Å². The van der Waals surface area contributed by atoms with E-state index in [2.05, 4.69) is 4.98 Å². The maximum atomic E-state index is 12.3. The van der Waals surface area contributed by atoms with Crippen LogP contribution in [0.5, 0.6) is 0 Å². The summed E-state index contributed by atoms with van der Waals surface area (Å²) in [6.07, 6.45) is -3.79. The maximum absolute atomic E-state index is 12.3. The fourth-order valence-electron chi connectivity index (χ4n) is 1.31. The lowest BCUT2D eigenvalue weighted by atomic mass is 10.2. The molecular weight excluding hydrogens is 269 g/mol. The summed E-state index contributed by atoms with van der Waals surface area (Å²) in [5.74, 6) is -2.70. The molecule has 1 amide bonds. The first-order valence-electron chi connectivity index (χ1n) is 4.95. The molecule has 2 N–H and O–H groups in total. The molecular formula is C10H9F3N2O4. The second-order valence-corrected chi connectivity index (χ2v) is 3.61. The van der Waals surface area contributed by atoms with E-state index in [-0.39, 0.29) is 10.5 Å². The van der Waals surface area contributed by atoms with Crippen LogP contribution >= 0.6 is 0 Å². The molecule has 0 saturated carbocycles. The molecule has 19 heavy (non-hydrogen) atoms. The third kappa shape index (κ3) is 4.82. The van der Waals surface area contributed by atoms with Gasteiger partial charge in [0.05, 0.1) is 5.56 Å². The molecule has 1 aromatic heterocycles. The van der Waals surface area contributed by atoms with Crippen molar-refractivity contribution in [3.05, 3.63) is 34.2 Å². The minimum Gasteiger partial charge on any atom is -0.480 e. The Kier molecular flexibility index (Phi) is 4.30. The second-order valence-electron chi connectivity index (χ2n) is 3.61. The highest BCUT2D eigenvalue weighted by Gasteiger charge is 2.34. The van der Waals surface area contributed by atoms with E-state index in [1.54, 1.807) is 0 Å². The van der Waals surface area contributed by atoms with Crippen molar-refractivity contribution < 1.29 is 27.9 Å². The van der Waals surface area contributed by atoms with E-state index in [1.807, 2.05) is 0 Å². The number of pyridine rings is 1.